The molecule has 2 rings (SSSR count). The number of hydrogen-bond donors (Lipinski definition) is 1. The van der Waals surface area contributed by atoms with Crippen molar-refractivity contribution in [1.82, 2.24) is 9.62 Å². The fourth-order valence-electron chi connectivity index (χ4n) is 1.97. The van der Waals surface area contributed by atoms with E-state index < -0.39 is 10.0 Å². The van der Waals surface area contributed by atoms with Crippen LogP contribution in [-0.2, 0) is 10.0 Å². The van der Waals surface area contributed by atoms with Gasteiger partial charge in [-0.2, -0.15) is 0 Å². The SMILES string of the molecule is CN1CCCC(NS(=O)(=O)C2CC2)C1. The van der Waals surface area contributed by atoms with Crippen LogP contribution in [0, 0.1) is 0 Å². The van der Waals surface area contributed by atoms with Crippen LogP contribution >= 0.6 is 0 Å². The molecule has 1 saturated carbocycles. The van der Waals surface area contributed by atoms with E-state index in [1.165, 1.54) is 0 Å². The predicted molar refractivity (Wildman–Crippen MR) is 55.6 cm³/mol. The Bertz CT molecular complexity index is 298. The molecule has 0 aromatic heterocycles. The summed E-state index contributed by atoms with van der Waals surface area (Å²) in [6.07, 6.45) is 3.76. The molecule has 1 heterocycles. The molecule has 0 spiro atoms. The summed E-state index contributed by atoms with van der Waals surface area (Å²) < 4.78 is 26.1. The standard InChI is InChI=1S/C9H18N2O2S/c1-11-6-2-3-8(7-11)10-14(12,13)9-4-5-9/h8-10H,2-7H2,1H3. The van der Waals surface area contributed by atoms with Crippen LogP contribution in [0.25, 0.3) is 0 Å². The fraction of sp³-hybridized carbons (Fsp3) is 1.00. The molecule has 1 atom stereocenters. The molecule has 1 aliphatic carbocycles. The van der Waals surface area contributed by atoms with Crippen molar-refractivity contribution in [2.45, 2.75) is 37.0 Å². The maximum absolute atomic E-state index is 11.6. The first-order valence-electron chi connectivity index (χ1n) is 5.27. The van der Waals surface area contributed by atoms with Gasteiger partial charge in [0.2, 0.25) is 10.0 Å². The summed E-state index contributed by atoms with van der Waals surface area (Å²) in [5, 5.41) is -0.0882. The smallest absolute Gasteiger partial charge is 0.214 e. The molecule has 14 heavy (non-hydrogen) atoms. The Hall–Kier alpha value is -0.130. The van der Waals surface area contributed by atoms with Crippen LogP contribution in [0.4, 0.5) is 0 Å². The van der Waals surface area contributed by atoms with Gasteiger partial charge < -0.3 is 4.90 Å². The number of hydrogen-bond acceptors (Lipinski definition) is 3. The third-order valence-corrected chi connectivity index (χ3v) is 4.93. The average Bonchev–Trinajstić information content (AvgIpc) is 2.84. The molecule has 1 unspecified atom stereocenters. The molecular weight excluding hydrogens is 200 g/mol. The van der Waals surface area contributed by atoms with Crippen LogP contribution in [0.3, 0.4) is 0 Å². The zero-order valence-corrected chi connectivity index (χ0v) is 9.39. The molecule has 0 aromatic rings. The van der Waals surface area contributed by atoms with Crippen LogP contribution < -0.4 is 4.72 Å². The fourth-order valence-corrected chi connectivity index (χ4v) is 3.58. The predicted octanol–water partition coefficient (Wildman–Crippen LogP) is 0.162. The van der Waals surface area contributed by atoms with Gasteiger partial charge >= 0.3 is 0 Å². The molecule has 0 aromatic carbocycles. The monoisotopic (exact) mass is 218 g/mol. The lowest BCUT2D eigenvalue weighted by atomic mass is 10.1. The van der Waals surface area contributed by atoms with Gasteiger partial charge in [-0.15, -0.1) is 0 Å². The van der Waals surface area contributed by atoms with E-state index in [0.717, 1.165) is 38.8 Å². The van der Waals surface area contributed by atoms with Crippen molar-refractivity contribution in [3.05, 3.63) is 0 Å². The van der Waals surface area contributed by atoms with Gasteiger partial charge in [0, 0.05) is 12.6 Å². The Kier molecular flexibility index (Phi) is 2.81. The molecule has 5 heteroatoms. The van der Waals surface area contributed by atoms with Gasteiger partial charge in [0.05, 0.1) is 5.25 Å². The second-order valence-corrected chi connectivity index (χ2v) is 6.46. The molecule has 0 amide bonds. The number of rotatable bonds is 3. The number of nitrogens with zero attached hydrogens (tertiary/aromatic N) is 1. The Morgan fingerprint density at radius 3 is 2.57 bits per heavy atom. The largest absolute Gasteiger partial charge is 0.305 e. The first kappa shape index (κ1) is 10.4. The van der Waals surface area contributed by atoms with Crippen molar-refractivity contribution in [1.29, 1.82) is 0 Å². The second kappa shape index (κ2) is 3.79. The minimum absolute atomic E-state index is 0.0882. The van der Waals surface area contributed by atoms with Gasteiger partial charge in [-0.25, -0.2) is 13.1 Å². The highest BCUT2D eigenvalue weighted by atomic mass is 32.2. The van der Waals surface area contributed by atoms with Crippen molar-refractivity contribution in [3.63, 3.8) is 0 Å². The number of piperidine rings is 1. The van der Waals surface area contributed by atoms with E-state index in [4.69, 9.17) is 0 Å². The zero-order valence-electron chi connectivity index (χ0n) is 8.57. The molecule has 82 valence electrons. The molecule has 2 aliphatic rings. The van der Waals surface area contributed by atoms with Crippen LogP contribution in [0.2, 0.25) is 0 Å². The van der Waals surface area contributed by atoms with Crippen molar-refractivity contribution in [2.24, 2.45) is 0 Å². The number of nitrogens with one attached hydrogen (secondary N) is 1. The van der Waals surface area contributed by atoms with E-state index in [0.29, 0.717) is 0 Å². The molecule has 4 nitrogen and oxygen atoms in total. The van der Waals surface area contributed by atoms with E-state index in [-0.39, 0.29) is 11.3 Å². The zero-order chi connectivity index (χ0) is 10.2. The van der Waals surface area contributed by atoms with Crippen LogP contribution in [0.15, 0.2) is 0 Å². The van der Waals surface area contributed by atoms with E-state index in [1.54, 1.807) is 0 Å². The Morgan fingerprint density at radius 2 is 2.00 bits per heavy atom. The molecule has 1 N–H and O–H groups in total. The maximum Gasteiger partial charge on any atom is 0.214 e. The second-order valence-electron chi connectivity index (χ2n) is 4.46. The highest BCUT2D eigenvalue weighted by molar-refractivity contribution is 7.90. The normalized spacial score (nSPS) is 30.5. The summed E-state index contributed by atoms with van der Waals surface area (Å²) in [5.41, 5.74) is 0. The third kappa shape index (κ3) is 2.46. The topological polar surface area (TPSA) is 49.4 Å². The first-order chi connectivity index (χ1) is 6.58. The molecular formula is C9H18N2O2S. The Balaban J connectivity index is 1.90. The first-order valence-corrected chi connectivity index (χ1v) is 6.82. The molecule has 1 aliphatic heterocycles. The van der Waals surface area contributed by atoms with E-state index >= 15 is 0 Å². The summed E-state index contributed by atoms with van der Waals surface area (Å²) in [6, 6.07) is 0.138. The van der Waals surface area contributed by atoms with Crippen LogP contribution in [0.1, 0.15) is 25.7 Å². The average molecular weight is 218 g/mol. The van der Waals surface area contributed by atoms with E-state index in [2.05, 4.69) is 9.62 Å². The molecule has 1 saturated heterocycles. The van der Waals surface area contributed by atoms with Crippen LogP contribution in [0.5, 0.6) is 0 Å². The summed E-state index contributed by atoms with van der Waals surface area (Å²) in [7, 11) is -0.948. The summed E-state index contributed by atoms with van der Waals surface area (Å²) in [4.78, 5) is 2.18. The highest BCUT2D eigenvalue weighted by Gasteiger charge is 2.37. The van der Waals surface area contributed by atoms with Crippen molar-refractivity contribution in [3.8, 4) is 0 Å². The Morgan fingerprint density at radius 1 is 1.29 bits per heavy atom. The van der Waals surface area contributed by atoms with Crippen molar-refractivity contribution in [2.75, 3.05) is 20.1 Å². The van der Waals surface area contributed by atoms with Gasteiger partial charge in [0.25, 0.3) is 0 Å². The number of sulfonamides is 1. The van der Waals surface area contributed by atoms with Gasteiger partial charge in [-0.1, -0.05) is 0 Å². The lowest BCUT2D eigenvalue weighted by Gasteiger charge is -2.29. The summed E-state index contributed by atoms with van der Waals surface area (Å²) in [5.74, 6) is 0. The van der Waals surface area contributed by atoms with Gasteiger partial charge in [-0.3, -0.25) is 0 Å². The molecule has 0 bridgehead atoms. The molecule has 2 fully saturated rings. The minimum Gasteiger partial charge on any atom is -0.305 e. The lowest BCUT2D eigenvalue weighted by molar-refractivity contribution is 0.242. The van der Waals surface area contributed by atoms with Crippen LogP contribution in [-0.4, -0.2) is 44.7 Å². The van der Waals surface area contributed by atoms with Gasteiger partial charge in [0.15, 0.2) is 0 Å². The van der Waals surface area contributed by atoms with Crippen molar-refractivity contribution < 1.29 is 8.42 Å². The number of likely N-dealkylation sites (tertiary alicyclic amines) is 1. The number of likely N-dealkylation sites (N-methyl/N-ethyl adjacent to an activating group) is 1. The Labute approximate surface area is 85.7 Å². The molecule has 0 radical (unpaired) electrons. The van der Waals surface area contributed by atoms with Gasteiger partial charge in [0.1, 0.15) is 0 Å². The lowest BCUT2D eigenvalue weighted by Crippen LogP contribution is -2.47. The van der Waals surface area contributed by atoms with E-state index in [1.807, 2.05) is 7.05 Å². The highest BCUT2D eigenvalue weighted by Crippen LogP contribution is 2.28. The van der Waals surface area contributed by atoms with E-state index in [9.17, 15) is 8.42 Å². The quantitative estimate of drug-likeness (QED) is 0.734. The maximum atomic E-state index is 11.6. The summed E-state index contributed by atoms with van der Waals surface area (Å²) >= 11 is 0. The third-order valence-electron chi connectivity index (χ3n) is 2.92. The van der Waals surface area contributed by atoms with Gasteiger partial charge in [-0.05, 0) is 39.3 Å². The summed E-state index contributed by atoms with van der Waals surface area (Å²) in [6.45, 7) is 1.94. The van der Waals surface area contributed by atoms with Crippen molar-refractivity contribution >= 4 is 10.0 Å². The minimum atomic E-state index is -2.99.